The largest absolute Gasteiger partial charge is 0.497 e. The van der Waals surface area contributed by atoms with Crippen LogP contribution < -0.4 is 19.5 Å². The number of benzene rings is 2. The first-order valence-electron chi connectivity index (χ1n) is 10.6. The van der Waals surface area contributed by atoms with Gasteiger partial charge in [-0.1, -0.05) is 11.8 Å². The van der Waals surface area contributed by atoms with Gasteiger partial charge in [-0.25, -0.2) is 4.52 Å². The van der Waals surface area contributed by atoms with Crippen LogP contribution in [0.2, 0.25) is 0 Å². The minimum atomic E-state index is -0.203. The summed E-state index contributed by atoms with van der Waals surface area (Å²) in [6.45, 7) is 0. The summed E-state index contributed by atoms with van der Waals surface area (Å²) >= 11 is 1.28. The number of nitrogens with one attached hydrogen (secondary N) is 1. The minimum absolute atomic E-state index is 0.142. The molecule has 10 nitrogen and oxygen atoms in total. The number of hydrogen-bond donors (Lipinski definition) is 1. The molecule has 178 valence electrons. The Morgan fingerprint density at radius 2 is 1.71 bits per heavy atom. The Bertz CT molecular complexity index is 1510. The van der Waals surface area contributed by atoms with E-state index in [0.717, 1.165) is 22.5 Å². The highest BCUT2D eigenvalue weighted by Crippen LogP contribution is 2.30. The van der Waals surface area contributed by atoms with E-state index in [9.17, 15) is 4.79 Å². The molecular formula is C24H22N6O4S. The van der Waals surface area contributed by atoms with Gasteiger partial charge in [0.1, 0.15) is 22.8 Å². The molecule has 1 N–H and O–H groups in total. The SMILES string of the molecule is COc1ccc(-c2cc3c4nnc(SCC(=O)Nc5cc(OC)ccc5OC)n4ccn3n2)cc1. The molecule has 0 fully saturated rings. The van der Waals surface area contributed by atoms with Crippen molar-refractivity contribution in [3.63, 3.8) is 0 Å². The molecule has 2 aromatic carbocycles. The Balaban J connectivity index is 1.34. The summed E-state index contributed by atoms with van der Waals surface area (Å²) in [5.41, 5.74) is 3.77. The standard InChI is InChI=1S/C24H22N6O4S/c1-32-16-6-4-15(5-7-16)18-13-20-23-26-27-24(29(23)10-11-30(20)28-18)35-14-22(31)25-19-12-17(33-2)8-9-21(19)34-3/h4-13H,14H2,1-3H3,(H,25,31). The van der Waals surface area contributed by atoms with Crippen LogP contribution in [0.15, 0.2) is 66.1 Å². The zero-order valence-corrected chi connectivity index (χ0v) is 20.1. The molecule has 11 heteroatoms. The maximum absolute atomic E-state index is 12.6. The third-order valence-electron chi connectivity index (χ3n) is 5.39. The highest BCUT2D eigenvalue weighted by atomic mass is 32.2. The predicted octanol–water partition coefficient (Wildman–Crippen LogP) is 3.80. The van der Waals surface area contributed by atoms with Crippen LogP contribution in [0.3, 0.4) is 0 Å². The van der Waals surface area contributed by atoms with Crippen LogP contribution >= 0.6 is 11.8 Å². The van der Waals surface area contributed by atoms with Crippen LogP contribution in [-0.4, -0.2) is 57.2 Å². The number of aromatic nitrogens is 5. The maximum atomic E-state index is 12.6. The van der Waals surface area contributed by atoms with Gasteiger partial charge in [0.05, 0.1) is 38.5 Å². The van der Waals surface area contributed by atoms with Gasteiger partial charge in [0.25, 0.3) is 0 Å². The van der Waals surface area contributed by atoms with Crippen LogP contribution in [-0.2, 0) is 4.79 Å². The molecule has 3 aromatic heterocycles. The fourth-order valence-electron chi connectivity index (χ4n) is 3.62. The molecule has 0 atom stereocenters. The third-order valence-corrected chi connectivity index (χ3v) is 6.33. The summed E-state index contributed by atoms with van der Waals surface area (Å²) in [6, 6.07) is 14.9. The number of nitrogens with zero attached hydrogens (tertiary/aromatic N) is 5. The maximum Gasteiger partial charge on any atom is 0.234 e. The minimum Gasteiger partial charge on any atom is -0.497 e. The second-order valence-electron chi connectivity index (χ2n) is 7.47. The number of fused-ring (bicyclic) bond motifs is 3. The van der Waals surface area contributed by atoms with Crippen molar-refractivity contribution in [1.29, 1.82) is 0 Å². The number of methoxy groups -OCH3 is 3. The van der Waals surface area contributed by atoms with Crippen molar-refractivity contribution < 1.29 is 19.0 Å². The Kier molecular flexibility index (Phi) is 6.15. The van der Waals surface area contributed by atoms with Gasteiger partial charge in [-0.2, -0.15) is 5.10 Å². The quantitative estimate of drug-likeness (QED) is 0.328. The van der Waals surface area contributed by atoms with Gasteiger partial charge in [0, 0.05) is 24.0 Å². The van der Waals surface area contributed by atoms with Crippen LogP contribution in [0, 0.1) is 0 Å². The van der Waals surface area contributed by atoms with Gasteiger partial charge in [-0.15, -0.1) is 10.2 Å². The van der Waals surface area contributed by atoms with E-state index in [1.54, 1.807) is 44.0 Å². The van der Waals surface area contributed by atoms with Gasteiger partial charge in [-0.3, -0.25) is 9.20 Å². The molecule has 0 unspecified atom stereocenters. The molecule has 1 amide bonds. The lowest BCUT2D eigenvalue weighted by Gasteiger charge is -2.11. The average molecular weight is 491 g/mol. The molecule has 0 spiro atoms. The van der Waals surface area contributed by atoms with E-state index in [4.69, 9.17) is 14.2 Å². The first-order chi connectivity index (χ1) is 17.1. The number of thioether (sulfide) groups is 1. The Morgan fingerprint density at radius 3 is 2.46 bits per heavy atom. The van der Waals surface area contributed by atoms with Crippen LogP contribution in [0.25, 0.3) is 22.4 Å². The summed E-state index contributed by atoms with van der Waals surface area (Å²) in [7, 11) is 4.75. The van der Waals surface area contributed by atoms with E-state index in [1.807, 2.05) is 47.1 Å². The third kappa shape index (κ3) is 4.45. The lowest BCUT2D eigenvalue weighted by atomic mass is 10.1. The summed E-state index contributed by atoms with van der Waals surface area (Å²) < 4.78 is 19.4. The number of anilines is 1. The molecule has 35 heavy (non-hydrogen) atoms. The van der Waals surface area contributed by atoms with Crippen LogP contribution in [0.4, 0.5) is 5.69 Å². The van der Waals surface area contributed by atoms with Crippen LogP contribution in [0.5, 0.6) is 17.2 Å². The van der Waals surface area contributed by atoms with Gasteiger partial charge in [0.2, 0.25) is 5.91 Å². The summed E-state index contributed by atoms with van der Waals surface area (Å²) in [6.07, 6.45) is 3.67. The topological polar surface area (TPSA) is 104 Å². The number of ether oxygens (including phenoxy) is 3. The lowest BCUT2D eigenvalue weighted by molar-refractivity contribution is -0.113. The lowest BCUT2D eigenvalue weighted by Crippen LogP contribution is -2.15. The summed E-state index contributed by atoms with van der Waals surface area (Å²) in [4.78, 5) is 12.6. The molecular weight excluding hydrogens is 468 g/mol. The Labute approximate surface area is 204 Å². The fourth-order valence-corrected chi connectivity index (χ4v) is 4.34. The van der Waals surface area contributed by atoms with Gasteiger partial charge >= 0.3 is 0 Å². The highest BCUT2D eigenvalue weighted by Gasteiger charge is 2.15. The van der Waals surface area contributed by atoms with E-state index in [1.165, 1.54) is 11.8 Å². The number of carbonyl (C=O) groups excluding carboxylic acids is 1. The van der Waals surface area contributed by atoms with Crippen molar-refractivity contribution in [3.05, 3.63) is 60.9 Å². The van der Waals surface area contributed by atoms with E-state index in [0.29, 0.717) is 28.0 Å². The second kappa shape index (κ2) is 9.55. The van der Waals surface area contributed by atoms with E-state index >= 15 is 0 Å². The first-order valence-corrected chi connectivity index (χ1v) is 11.6. The number of rotatable bonds is 8. The smallest absolute Gasteiger partial charge is 0.234 e. The molecule has 5 aromatic rings. The van der Waals surface area contributed by atoms with Crippen molar-refractivity contribution in [1.82, 2.24) is 24.2 Å². The van der Waals surface area contributed by atoms with Crippen LogP contribution in [0.1, 0.15) is 0 Å². The fraction of sp³-hybridized carbons (Fsp3) is 0.167. The van der Waals surface area contributed by atoms with E-state index in [2.05, 4.69) is 20.6 Å². The number of amides is 1. The molecule has 0 aliphatic heterocycles. The van der Waals surface area contributed by atoms with Crippen molar-refractivity contribution >= 4 is 34.5 Å². The van der Waals surface area contributed by atoms with Gasteiger partial charge in [-0.05, 0) is 42.5 Å². The van der Waals surface area contributed by atoms with Crippen molar-refractivity contribution in [3.8, 4) is 28.5 Å². The number of carbonyl (C=O) groups is 1. The second-order valence-corrected chi connectivity index (χ2v) is 8.41. The molecule has 0 saturated carbocycles. The Morgan fingerprint density at radius 1 is 0.943 bits per heavy atom. The van der Waals surface area contributed by atoms with E-state index < -0.39 is 0 Å². The summed E-state index contributed by atoms with van der Waals surface area (Å²) in [5.74, 6) is 1.89. The molecule has 0 aliphatic carbocycles. The predicted molar refractivity (Wildman–Crippen MR) is 133 cm³/mol. The molecule has 0 bridgehead atoms. The summed E-state index contributed by atoms with van der Waals surface area (Å²) in [5, 5.41) is 16.7. The average Bonchev–Trinajstić information content (AvgIpc) is 3.51. The molecule has 5 rings (SSSR count). The zero-order valence-electron chi connectivity index (χ0n) is 19.3. The molecule has 0 saturated heterocycles. The zero-order chi connectivity index (χ0) is 24.4. The van der Waals surface area contributed by atoms with Gasteiger partial charge < -0.3 is 19.5 Å². The molecule has 3 heterocycles. The van der Waals surface area contributed by atoms with Crippen molar-refractivity contribution in [2.45, 2.75) is 5.16 Å². The van der Waals surface area contributed by atoms with Gasteiger partial charge in [0.15, 0.2) is 10.8 Å². The van der Waals surface area contributed by atoms with Crippen molar-refractivity contribution in [2.75, 3.05) is 32.4 Å². The molecule has 0 aliphatic rings. The van der Waals surface area contributed by atoms with Crippen molar-refractivity contribution in [2.24, 2.45) is 0 Å². The monoisotopic (exact) mass is 490 g/mol. The normalized spacial score (nSPS) is 11.1. The molecule has 0 radical (unpaired) electrons. The van der Waals surface area contributed by atoms with E-state index in [-0.39, 0.29) is 11.7 Å². The first kappa shape index (κ1) is 22.5. The Hall–Kier alpha value is -4.25. The highest BCUT2D eigenvalue weighted by molar-refractivity contribution is 7.99. The number of hydrogen-bond acceptors (Lipinski definition) is 8.